The van der Waals surface area contributed by atoms with Crippen molar-refractivity contribution in [2.45, 2.75) is 20.5 Å². The largest absolute Gasteiger partial charge is 0.487 e. The highest BCUT2D eigenvalue weighted by atomic mass is 16.5. The van der Waals surface area contributed by atoms with Crippen molar-refractivity contribution in [1.29, 1.82) is 0 Å². The zero-order valence-corrected chi connectivity index (χ0v) is 12.2. The summed E-state index contributed by atoms with van der Waals surface area (Å²) in [7, 11) is 0. The number of ether oxygens (including phenoxy) is 1. The second-order valence-electron chi connectivity index (χ2n) is 4.99. The Morgan fingerprint density at radius 3 is 2.38 bits per heavy atom. The van der Waals surface area contributed by atoms with Crippen LogP contribution in [0.15, 0.2) is 59.0 Å². The molecule has 0 amide bonds. The minimum atomic E-state index is 0.408. The van der Waals surface area contributed by atoms with Crippen LogP contribution in [0.1, 0.15) is 17.0 Å². The SMILES string of the molecule is Cc1ccc(OCc2nc(-c3ccccc3)oc2C)cc1. The van der Waals surface area contributed by atoms with Gasteiger partial charge >= 0.3 is 0 Å². The number of hydrogen-bond donors (Lipinski definition) is 0. The maximum Gasteiger partial charge on any atom is 0.226 e. The van der Waals surface area contributed by atoms with Gasteiger partial charge in [-0.2, -0.15) is 0 Å². The Labute approximate surface area is 124 Å². The third-order valence-electron chi connectivity index (χ3n) is 3.31. The van der Waals surface area contributed by atoms with Crippen LogP contribution < -0.4 is 4.74 Å². The van der Waals surface area contributed by atoms with Crippen molar-refractivity contribution in [2.24, 2.45) is 0 Å². The molecule has 3 rings (SSSR count). The highest BCUT2D eigenvalue weighted by molar-refractivity contribution is 5.53. The Morgan fingerprint density at radius 1 is 0.952 bits per heavy atom. The summed E-state index contributed by atoms with van der Waals surface area (Å²) in [5, 5.41) is 0. The fourth-order valence-electron chi connectivity index (χ4n) is 2.05. The maximum atomic E-state index is 5.75. The van der Waals surface area contributed by atoms with Gasteiger partial charge in [0.15, 0.2) is 0 Å². The van der Waals surface area contributed by atoms with Crippen molar-refractivity contribution in [3.63, 3.8) is 0 Å². The van der Waals surface area contributed by atoms with E-state index in [9.17, 15) is 0 Å². The normalized spacial score (nSPS) is 10.6. The van der Waals surface area contributed by atoms with Gasteiger partial charge < -0.3 is 9.15 Å². The molecule has 0 saturated heterocycles. The van der Waals surface area contributed by atoms with Crippen LogP contribution in [0.2, 0.25) is 0 Å². The van der Waals surface area contributed by atoms with E-state index in [4.69, 9.17) is 9.15 Å². The predicted molar refractivity (Wildman–Crippen MR) is 82.2 cm³/mol. The van der Waals surface area contributed by atoms with Crippen LogP contribution in [-0.2, 0) is 6.61 Å². The first kappa shape index (κ1) is 13.4. The molecule has 2 aromatic carbocycles. The second kappa shape index (κ2) is 5.83. The molecule has 0 aliphatic rings. The molecule has 21 heavy (non-hydrogen) atoms. The molecular formula is C18H17NO2. The summed E-state index contributed by atoms with van der Waals surface area (Å²) in [6.07, 6.45) is 0. The number of hydrogen-bond acceptors (Lipinski definition) is 3. The van der Waals surface area contributed by atoms with Gasteiger partial charge in [0, 0.05) is 5.56 Å². The highest BCUT2D eigenvalue weighted by Crippen LogP contribution is 2.22. The Kier molecular flexibility index (Phi) is 3.73. The lowest BCUT2D eigenvalue weighted by Gasteiger charge is -2.04. The number of rotatable bonds is 4. The molecule has 0 fully saturated rings. The van der Waals surface area contributed by atoms with Gasteiger partial charge in [-0.3, -0.25) is 0 Å². The molecule has 0 saturated carbocycles. The standard InChI is InChI=1S/C18H17NO2/c1-13-8-10-16(11-9-13)20-12-17-14(2)21-18(19-17)15-6-4-3-5-7-15/h3-11H,12H2,1-2H3. The molecule has 3 nitrogen and oxygen atoms in total. The van der Waals surface area contributed by atoms with Gasteiger partial charge in [-0.1, -0.05) is 35.9 Å². The summed E-state index contributed by atoms with van der Waals surface area (Å²) >= 11 is 0. The summed E-state index contributed by atoms with van der Waals surface area (Å²) in [6.45, 7) is 4.37. The number of nitrogens with zero attached hydrogens (tertiary/aromatic N) is 1. The van der Waals surface area contributed by atoms with Crippen LogP contribution in [-0.4, -0.2) is 4.98 Å². The van der Waals surface area contributed by atoms with Crippen LogP contribution in [0, 0.1) is 13.8 Å². The Balaban J connectivity index is 1.74. The number of aryl methyl sites for hydroxylation is 2. The van der Waals surface area contributed by atoms with E-state index in [0.29, 0.717) is 12.5 Å². The molecule has 0 atom stereocenters. The zero-order valence-electron chi connectivity index (χ0n) is 12.2. The van der Waals surface area contributed by atoms with Gasteiger partial charge in [-0.15, -0.1) is 0 Å². The highest BCUT2D eigenvalue weighted by Gasteiger charge is 2.11. The molecule has 0 bridgehead atoms. The molecule has 0 aliphatic heterocycles. The summed E-state index contributed by atoms with van der Waals surface area (Å²) in [6, 6.07) is 17.9. The topological polar surface area (TPSA) is 35.3 Å². The fraction of sp³-hybridized carbons (Fsp3) is 0.167. The van der Waals surface area contributed by atoms with Gasteiger partial charge in [0.05, 0.1) is 0 Å². The van der Waals surface area contributed by atoms with Crippen molar-refractivity contribution in [3.8, 4) is 17.2 Å². The average molecular weight is 279 g/mol. The van der Waals surface area contributed by atoms with Gasteiger partial charge in [0.25, 0.3) is 0 Å². The van der Waals surface area contributed by atoms with E-state index < -0.39 is 0 Å². The van der Waals surface area contributed by atoms with E-state index in [1.54, 1.807) is 0 Å². The number of oxazole rings is 1. The van der Waals surface area contributed by atoms with Crippen LogP contribution >= 0.6 is 0 Å². The molecule has 1 aromatic heterocycles. The summed E-state index contributed by atoms with van der Waals surface area (Å²) in [4.78, 5) is 4.52. The first-order chi connectivity index (χ1) is 10.2. The fourth-order valence-corrected chi connectivity index (χ4v) is 2.05. The molecule has 0 spiro atoms. The minimum Gasteiger partial charge on any atom is -0.487 e. The molecule has 0 radical (unpaired) electrons. The lowest BCUT2D eigenvalue weighted by Crippen LogP contribution is -1.97. The summed E-state index contributed by atoms with van der Waals surface area (Å²) in [5.41, 5.74) is 3.02. The molecule has 0 unspecified atom stereocenters. The van der Waals surface area contributed by atoms with Crippen LogP contribution in [0.5, 0.6) is 5.75 Å². The van der Waals surface area contributed by atoms with E-state index in [0.717, 1.165) is 22.8 Å². The monoisotopic (exact) mass is 279 g/mol. The van der Waals surface area contributed by atoms with E-state index >= 15 is 0 Å². The van der Waals surface area contributed by atoms with Crippen molar-refractivity contribution < 1.29 is 9.15 Å². The van der Waals surface area contributed by atoms with E-state index in [1.807, 2.05) is 61.5 Å². The Morgan fingerprint density at radius 2 is 1.67 bits per heavy atom. The molecule has 3 heteroatoms. The molecule has 106 valence electrons. The second-order valence-corrected chi connectivity index (χ2v) is 4.99. The molecule has 1 heterocycles. The average Bonchev–Trinajstić information content (AvgIpc) is 2.89. The number of aromatic nitrogens is 1. The molecule has 3 aromatic rings. The van der Waals surface area contributed by atoms with E-state index in [-0.39, 0.29) is 0 Å². The lowest BCUT2D eigenvalue weighted by molar-refractivity contribution is 0.299. The summed E-state index contributed by atoms with van der Waals surface area (Å²) in [5.74, 6) is 2.26. The van der Waals surface area contributed by atoms with Crippen molar-refractivity contribution >= 4 is 0 Å². The molecule has 0 aliphatic carbocycles. The Bertz CT molecular complexity index is 715. The van der Waals surface area contributed by atoms with E-state index in [2.05, 4.69) is 11.9 Å². The Hall–Kier alpha value is -2.55. The number of benzene rings is 2. The molecular weight excluding hydrogens is 262 g/mol. The van der Waals surface area contributed by atoms with Crippen LogP contribution in [0.3, 0.4) is 0 Å². The van der Waals surface area contributed by atoms with Crippen LogP contribution in [0.25, 0.3) is 11.5 Å². The minimum absolute atomic E-state index is 0.408. The van der Waals surface area contributed by atoms with Gasteiger partial charge in [-0.25, -0.2) is 4.98 Å². The third-order valence-corrected chi connectivity index (χ3v) is 3.31. The van der Waals surface area contributed by atoms with Crippen LogP contribution in [0.4, 0.5) is 0 Å². The third kappa shape index (κ3) is 3.14. The van der Waals surface area contributed by atoms with Crippen molar-refractivity contribution in [1.82, 2.24) is 4.98 Å². The van der Waals surface area contributed by atoms with Gasteiger partial charge in [0.1, 0.15) is 23.8 Å². The quantitative estimate of drug-likeness (QED) is 0.703. The zero-order chi connectivity index (χ0) is 14.7. The van der Waals surface area contributed by atoms with Crippen molar-refractivity contribution in [2.75, 3.05) is 0 Å². The maximum absolute atomic E-state index is 5.75. The first-order valence-electron chi connectivity index (χ1n) is 6.93. The predicted octanol–water partition coefficient (Wildman–Crippen LogP) is 4.54. The van der Waals surface area contributed by atoms with Crippen molar-refractivity contribution in [3.05, 3.63) is 71.6 Å². The smallest absolute Gasteiger partial charge is 0.226 e. The summed E-state index contributed by atoms with van der Waals surface area (Å²) < 4.78 is 11.5. The van der Waals surface area contributed by atoms with Gasteiger partial charge in [-0.05, 0) is 38.1 Å². The van der Waals surface area contributed by atoms with Gasteiger partial charge in [0.2, 0.25) is 5.89 Å². The van der Waals surface area contributed by atoms with E-state index in [1.165, 1.54) is 5.56 Å². The molecule has 0 N–H and O–H groups in total. The lowest BCUT2D eigenvalue weighted by atomic mass is 10.2. The first-order valence-corrected chi connectivity index (χ1v) is 6.93.